The van der Waals surface area contributed by atoms with Crippen LogP contribution in [0.4, 0.5) is 0 Å². The van der Waals surface area contributed by atoms with Gasteiger partial charge in [-0.1, -0.05) is 30.3 Å². The molecule has 2 aromatic carbocycles. The van der Waals surface area contributed by atoms with Crippen molar-refractivity contribution in [2.75, 3.05) is 12.8 Å². The summed E-state index contributed by atoms with van der Waals surface area (Å²) in [5, 5.41) is 2.87. The first-order valence-corrected chi connectivity index (χ1v) is 11.5. The van der Waals surface area contributed by atoms with Gasteiger partial charge in [-0.25, -0.2) is 0 Å². The zero-order chi connectivity index (χ0) is 19.9. The van der Waals surface area contributed by atoms with Gasteiger partial charge in [-0.15, -0.1) is 11.8 Å². The number of thioether (sulfide) groups is 1. The number of amides is 1. The van der Waals surface area contributed by atoms with Crippen LogP contribution in [0.3, 0.4) is 0 Å². The third-order valence-electron chi connectivity index (χ3n) is 4.36. The highest BCUT2D eigenvalue weighted by Crippen LogP contribution is 2.18. The summed E-state index contributed by atoms with van der Waals surface area (Å²) in [4.78, 5) is 14.3. The highest BCUT2D eigenvalue weighted by atomic mass is 32.2. The van der Waals surface area contributed by atoms with Crippen molar-refractivity contribution in [2.45, 2.75) is 28.9 Å². The largest absolute Gasteiger partial charge is 0.455 e. The highest BCUT2D eigenvalue weighted by molar-refractivity contribution is 7.98. The monoisotopic (exact) mass is 413 g/mol. The molecule has 1 amide bonds. The second kappa shape index (κ2) is 9.75. The van der Waals surface area contributed by atoms with Gasteiger partial charge >= 0.3 is 0 Å². The van der Waals surface area contributed by atoms with Crippen molar-refractivity contribution in [3.8, 4) is 0 Å². The van der Waals surface area contributed by atoms with E-state index in [4.69, 9.17) is 4.42 Å². The van der Waals surface area contributed by atoms with Crippen LogP contribution in [0.1, 0.15) is 27.4 Å². The normalized spacial score (nSPS) is 11.9. The molecule has 0 aliphatic heterocycles. The van der Waals surface area contributed by atoms with Crippen LogP contribution in [0.2, 0.25) is 0 Å². The van der Waals surface area contributed by atoms with Crippen LogP contribution in [-0.2, 0) is 23.0 Å². The number of rotatable bonds is 8. The Bertz CT molecular complexity index is 964. The molecule has 0 saturated carbocycles. The number of benzene rings is 2. The lowest BCUT2D eigenvalue weighted by Gasteiger charge is -2.05. The summed E-state index contributed by atoms with van der Waals surface area (Å²) in [5.41, 5.74) is 2.16. The van der Waals surface area contributed by atoms with Crippen molar-refractivity contribution < 1.29 is 13.4 Å². The van der Waals surface area contributed by atoms with Crippen molar-refractivity contribution in [2.24, 2.45) is 0 Å². The summed E-state index contributed by atoms with van der Waals surface area (Å²) < 4.78 is 18.1. The minimum atomic E-state index is -1.21. The molecule has 1 atom stereocenters. The first-order valence-electron chi connectivity index (χ1n) is 9.00. The molecule has 1 aromatic heterocycles. The van der Waals surface area contributed by atoms with Gasteiger partial charge in [-0.3, -0.25) is 9.00 Å². The van der Waals surface area contributed by atoms with E-state index in [0.29, 0.717) is 12.3 Å². The predicted molar refractivity (Wildman–Crippen MR) is 114 cm³/mol. The maximum Gasteiger partial charge on any atom is 0.287 e. The number of carbonyl (C=O) groups is 1. The molecule has 4 nitrogen and oxygen atoms in total. The molecular weight excluding hydrogens is 390 g/mol. The molecule has 146 valence electrons. The summed E-state index contributed by atoms with van der Waals surface area (Å²) in [6.07, 6.45) is 2.80. The second-order valence-corrected chi connectivity index (χ2v) is 8.67. The fourth-order valence-corrected chi connectivity index (χ4v) is 4.43. The van der Waals surface area contributed by atoms with E-state index in [1.165, 1.54) is 10.5 Å². The number of hydrogen-bond donors (Lipinski definition) is 1. The predicted octanol–water partition coefficient (Wildman–Crippen LogP) is 4.59. The van der Waals surface area contributed by atoms with Crippen LogP contribution < -0.4 is 5.32 Å². The number of carbonyl (C=O) groups excluding carboxylic acids is 1. The fraction of sp³-hybridized carbons (Fsp3) is 0.227. The van der Waals surface area contributed by atoms with Gasteiger partial charge in [-0.05, 0) is 61.1 Å². The van der Waals surface area contributed by atoms with Crippen LogP contribution in [-0.4, -0.2) is 22.9 Å². The number of aryl methyl sites for hydroxylation is 1. The first-order chi connectivity index (χ1) is 13.6. The Morgan fingerprint density at radius 1 is 1.07 bits per heavy atom. The SMILES string of the molecule is CSc1ccc(CCNC(=O)c2ccc(C[S@](=O)c3ccccc3C)o2)cc1. The lowest BCUT2D eigenvalue weighted by molar-refractivity contribution is 0.0925. The van der Waals surface area contributed by atoms with Crippen molar-refractivity contribution >= 4 is 28.5 Å². The molecule has 0 bridgehead atoms. The molecule has 0 spiro atoms. The number of nitrogens with one attached hydrogen (secondary N) is 1. The van der Waals surface area contributed by atoms with Gasteiger partial charge in [0.1, 0.15) is 5.76 Å². The minimum absolute atomic E-state index is 0.245. The van der Waals surface area contributed by atoms with Gasteiger partial charge in [0.25, 0.3) is 5.91 Å². The Kier molecular flexibility index (Phi) is 7.12. The zero-order valence-corrected chi connectivity index (χ0v) is 17.6. The zero-order valence-electron chi connectivity index (χ0n) is 15.9. The Labute approximate surface area is 172 Å². The van der Waals surface area contributed by atoms with Crippen molar-refractivity contribution in [3.05, 3.63) is 83.3 Å². The van der Waals surface area contributed by atoms with E-state index in [0.717, 1.165) is 16.9 Å². The summed E-state index contributed by atoms with van der Waals surface area (Å²) in [6.45, 7) is 2.46. The molecule has 0 aliphatic rings. The Morgan fingerprint density at radius 3 is 2.54 bits per heavy atom. The third-order valence-corrected chi connectivity index (χ3v) is 6.59. The van der Waals surface area contributed by atoms with E-state index >= 15 is 0 Å². The fourth-order valence-electron chi connectivity index (χ4n) is 2.80. The maximum atomic E-state index is 12.5. The number of hydrogen-bond acceptors (Lipinski definition) is 4. The summed E-state index contributed by atoms with van der Waals surface area (Å²) in [5.74, 6) is 0.780. The van der Waals surface area contributed by atoms with Crippen LogP contribution in [0.25, 0.3) is 0 Å². The molecule has 28 heavy (non-hydrogen) atoms. The molecule has 6 heteroatoms. The summed E-state index contributed by atoms with van der Waals surface area (Å²) in [7, 11) is -1.21. The first kappa shape index (κ1) is 20.4. The van der Waals surface area contributed by atoms with Crippen molar-refractivity contribution in [1.29, 1.82) is 0 Å². The van der Waals surface area contributed by atoms with Gasteiger partial charge in [-0.2, -0.15) is 0 Å². The molecule has 0 saturated heterocycles. The van der Waals surface area contributed by atoms with Crippen LogP contribution in [0.5, 0.6) is 0 Å². The Morgan fingerprint density at radius 2 is 1.82 bits per heavy atom. The van der Waals surface area contributed by atoms with E-state index in [9.17, 15) is 9.00 Å². The van der Waals surface area contributed by atoms with E-state index in [2.05, 4.69) is 29.6 Å². The average molecular weight is 414 g/mol. The second-order valence-electron chi connectivity index (χ2n) is 6.38. The smallest absolute Gasteiger partial charge is 0.287 e. The maximum absolute atomic E-state index is 12.5. The molecule has 3 rings (SSSR count). The van der Waals surface area contributed by atoms with Crippen molar-refractivity contribution in [1.82, 2.24) is 5.32 Å². The highest BCUT2D eigenvalue weighted by Gasteiger charge is 2.14. The third kappa shape index (κ3) is 5.36. The van der Waals surface area contributed by atoms with Gasteiger partial charge in [0.15, 0.2) is 5.76 Å². The van der Waals surface area contributed by atoms with Gasteiger partial charge in [0.05, 0.1) is 16.6 Å². The van der Waals surface area contributed by atoms with Crippen LogP contribution >= 0.6 is 11.8 Å². The lowest BCUT2D eigenvalue weighted by Crippen LogP contribution is -2.25. The quantitative estimate of drug-likeness (QED) is 0.549. The number of furan rings is 1. The van der Waals surface area contributed by atoms with Gasteiger partial charge < -0.3 is 9.73 Å². The summed E-state index contributed by atoms with van der Waals surface area (Å²) >= 11 is 1.71. The molecule has 1 N–H and O–H groups in total. The molecule has 0 radical (unpaired) electrons. The van der Waals surface area contributed by atoms with Gasteiger partial charge in [0, 0.05) is 16.3 Å². The van der Waals surface area contributed by atoms with E-state index in [-0.39, 0.29) is 17.4 Å². The minimum Gasteiger partial charge on any atom is -0.455 e. The van der Waals surface area contributed by atoms with E-state index < -0.39 is 10.8 Å². The Balaban J connectivity index is 1.52. The molecule has 0 aliphatic carbocycles. The lowest BCUT2D eigenvalue weighted by atomic mass is 10.1. The topological polar surface area (TPSA) is 59.3 Å². The molecule has 3 aromatic rings. The molecule has 0 fully saturated rings. The van der Waals surface area contributed by atoms with Crippen molar-refractivity contribution in [3.63, 3.8) is 0 Å². The standard InChI is InChI=1S/C22H23NO3S2/c1-16-5-3-4-6-21(16)28(25)15-18-9-12-20(26-18)22(24)23-14-13-17-7-10-19(27-2)11-8-17/h3-12H,13-15H2,1-2H3,(H,23,24)/t28-/m0/s1. The van der Waals surface area contributed by atoms with Gasteiger partial charge in [0.2, 0.25) is 0 Å². The summed E-state index contributed by atoms with van der Waals surface area (Å²) in [6, 6.07) is 19.2. The van der Waals surface area contributed by atoms with E-state index in [1.54, 1.807) is 23.9 Å². The average Bonchev–Trinajstić information content (AvgIpc) is 3.17. The Hall–Kier alpha value is -2.31. The molecular formula is C22H23NO3S2. The van der Waals surface area contributed by atoms with Crippen LogP contribution in [0, 0.1) is 6.92 Å². The molecule has 0 unspecified atom stereocenters. The van der Waals surface area contributed by atoms with E-state index in [1.807, 2.05) is 37.4 Å². The molecule has 1 heterocycles. The van der Waals surface area contributed by atoms with Crippen LogP contribution in [0.15, 0.2) is 74.9 Å².